The second kappa shape index (κ2) is 6.81. The Morgan fingerprint density at radius 1 is 1.41 bits per heavy atom. The van der Waals surface area contributed by atoms with Crippen LogP contribution >= 0.6 is 11.3 Å². The van der Waals surface area contributed by atoms with Gasteiger partial charge in [0, 0.05) is 12.7 Å². The average molecular weight is 317 g/mol. The van der Waals surface area contributed by atoms with E-state index in [9.17, 15) is 4.79 Å². The minimum atomic E-state index is -0.744. The van der Waals surface area contributed by atoms with Crippen molar-refractivity contribution in [1.29, 1.82) is 0 Å². The summed E-state index contributed by atoms with van der Waals surface area (Å²) < 4.78 is 0. The maximum Gasteiger partial charge on any atom is 0.273 e. The van der Waals surface area contributed by atoms with Crippen molar-refractivity contribution in [2.24, 2.45) is 15.9 Å². The molecule has 1 aromatic carbocycles. The van der Waals surface area contributed by atoms with Crippen LogP contribution in [0.1, 0.15) is 5.69 Å². The van der Waals surface area contributed by atoms with Crippen molar-refractivity contribution < 1.29 is 9.63 Å². The fourth-order valence-corrected chi connectivity index (χ4v) is 2.62. The topological polar surface area (TPSA) is 93.2 Å². The molecular formula is C14H15N5O2S. The molecule has 1 amide bonds. The standard InChI is InChI=1S/C14H15N5O2S/c1-16-13-11(10(12(15)20)18-21-3)17-14(22-13)19(2)9-7-5-4-6-8-9/h4-8H,1H2,2-3H3,(H2,15,20). The molecule has 0 atom stereocenters. The molecule has 0 aliphatic rings. The number of benzene rings is 1. The SMILES string of the molecule is C=Nc1sc(N(C)c2ccccc2)nc1C(=NOC)C(N)=O. The molecule has 0 saturated heterocycles. The molecule has 2 aromatic rings. The van der Waals surface area contributed by atoms with Gasteiger partial charge in [0.1, 0.15) is 17.8 Å². The summed E-state index contributed by atoms with van der Waals surface area (Å²) in [5.74, 6) is -0.744. The number of hydrogen-bond acceptors (Lipinski definition) is 7. The molecule has 0 aliphatic heterocycles. The van der Waals surface area contributed by atoms with E-state index in [0.29, 0.717) is 10.1 Å². The lowest BCUT2D eigenvalue weighted by atomic mass is 10.2. The normalized spacial score (nSPS) is 11.1. The molecule has 0 bridgehead atoms. The third-order valence-corrected chi connectivity index (χ3v) is 3.88. The van der Waals surface area contributed by atoms with Gasteiger partial charge in [0.05, 0.1) is 0 Å². The highest BCUT2D eigenvalue weighted by Crippen LogP contribution is 2.36. The van der Waals surface area contributed by atoms with Gasteiger partial charge in [0.25, 0.3) is 5.91 Å². The van der Waals surface area contributed by atoms with Gasteiger partial charge in [-0.2, -0.15) is 0 Å². The first-order valence-corrected chi connectivity index (χ1v) is 7.07. The van der Waals surface area contributed by atoms with Crippen LogP contribution in [0.5, 0.6) is 0 Å². The molecule has 22 heavy (non-hydrogen) atoms. The van der Waals surface area contributed by atoms with Crippen LogP contribution in [-0.4, -0.2) is 37.5 Å². The van der Waals surface area contributed by atoms with Gasteiger partial charge >= 0.3 is 0 Å². The van der Waals surface area contributed by atoms with Crippen molar-refractivity contribution in [3.05, 3.63) is 36.0 Å². The zero-order valence-corrected chi connectivity index (χ0v) is 13.0. The Morgan fingerprint density at radius 3 is 2.64 bits per heavy atom. The van der Waals surface area contributed by atoms with Crippen molar-refractivity contribution in [1.82, 2.24) is 4.98 Å². The first-order valence-electron chi connectivity index (χ1n) is 6.26. The molecular weight excluding hydrogens is 302 g/mol. The molecule has 1 heterocycles. The number of nitrogens with zero attached hydrogens (tertiary/aromatic N) is 4. The monoisotopic (exact) mass is 317 g/mol. The molecule has 0 spiro atoms. The number of amides is 1. The van der Waals surface area contributed by atoms with Crippen molar-refractivity contribution >= 4 is 45.5 Å². The number of primary amides is 1. The Morgan fingerprint density at radius 2 is 2.09 bits per heavy atom. The van der Waals surface area contributed by atoms with Crippen LogP contribution in [-0.2, 0) is 9.63 Å². The van der Waals surface area contributed by atoms with Crippen molar-refractivity contribution in [3.63, 3.8) is 0 Å². The molecule has 2 N–H and O–H groups in total. The highest BCUT2D eigenvalue weighted by Gasteiger charge is 2.22. The predicted octanol–water partition coefficient (Wildman–Crippen LogP) is 2.08. The van der Waals surface area contributed by atoms with Crippen LogP contribution in [0.3, 0.4) is 0 Å². The number of anilines is 2. The van der Waals surface area contributed by atoms with Crippen LogP contribution in [0.25, 0.3) is 0 Å². The number of aliphatic imine (C=N–C) groups is 1. The highest BCUT2D eigenvalue weighted by atomic mass is 32.1. The summed E-state index contributed by atoms with van der Waals surface area (Å²) in [7, 11) is 3.19. The summed E-state index contributed by atoms with van der Waals surface area (Å²) >= 11 is 1.28. The quantitative estimate of drug-likeness (QED) is 0.652. The molecule has 0 radical (unpaired) electrons. The molecule has 0 unspecified atom stereocenters. The van der Waals surface area contributed by atoms with E-state index in [0.717, 1.165) is 5.69 Å². The highest BCUT2D eigenvalue weighted by molar-refractivity contribution is 7.19. The summed E-state index contributed by atoms with van der Waals surface area (Å²) in [5.41, 5.74) is 6.43. The fraction of sp³-hybridized carbons (Fsp3) is 0.143. The van der Waals surface area contributed by atoms with Crippen LogP contribution in [0.2, 0.25) is 0 Å². The maximum atomic E-state index is 11.5. The number of carbonyl (C=O) groups excluding carboxylic acids is 1. The van der Waals surface area contributed by atoms with Gasteiger partial charge in [0.2, 0.25) is 0 Å². The maximum absolute atomic E-state index is 11.5. The number of para-hydroxylation sites is 1. The van der Waals surface area contributed by atoms with E-state index >= 15 is 0 Å². The number of aromatic nitrogens is 1. The Balaban J connectivity index is 2.47. The van der Waals surface area contributed by atoms with E-state index in [1.807, 2.05) is 42.3 Å². The number of oxime groups is 1. The first kappa shape index (κ1) is 15.6. The van der Waals surface area contributed by atoms with E-state index in [1.165, 1.54) is 18.4 Å². The Labute approximate surface area is 131 Å². The van der Waals surface area contributed by atoms with E-state index in [-0.39, 0.29) is 11.4 Å². The van der Waals surface area contributed by atoms with E-state index in [4.69, 9.17) is 5.73 Å². The lowest BCUT2D eigenvalue weighted by Gasteiger charge is -2.15. The zero-order valence-electron chi connectivity index (χ0n) is 12.2. The zero-order chi connectivity index (χ0) is 16.1. The number of nitrogens with two attached hydrogens (primary N) is 1. The van der Waals surface area contributed by atoms with Gasteiger partial charge in [-0.1, -0.05) is 34.7 Å². The van der Waals surface area contributed by atoms with Crippen LogP contribution in [0, 0.1) is 0 Å². The molecule has 2 rings (SSSR count). The second-order valence-electron chi connectivity index (χ2n) is 4.19. The second-order valence-corrected chi connectivity index (χ2v) is 5.15. The molecule has 1 aromatic heterocycles. The summed E-state index contributed by atoms with van der Waals surface area (Å²) in [6, 6.07) is 9.67. The Kier molecular flexibility index (Phi) is 4.84. The lowest BCUT2D eigenvalue weighted by molar-refractivity contribution is -0.112. The van der Waals surface area contributed by atoms with E-state index in [2.05, 4.69) is 26.7 Å². The summed E-state index contributed by atoms with van der Waals surface area (Å²) in [4.78, 5) is 26.3. The summed E-state index contributed by atoms with van der Waals surface area (Å²) in [6.45, 7) is 3.49. The number of thiazole rings is 1. The van der Waals surface area contributed by atoms with E-state index in [1.54, 1.807) is 0 Å². The smallest absolute Gasteiger partial charge is 0.273 e. The van der Waals surface area contributed by atoms with Crippen LogP contribution < -0.4 is 10.6 Å². The largest absolute Gasteiger partial charge is 0.398 e. The third-order valence-electron chi connectivity index (χ3n) is 2.81. The fourth-order valence-electron chi connectivity index (χ4n) is 1.76. The third kappa shape index (κ3) is 3.12. The number of carbonyl (C=O) groups is 1. The van der Waals surface area contributed by atoms with Crippen LogP contribution in [0.15, 0.2) is 40.5 Å². The van der Waals surface area contributed by atoms with Crippen molar-refractivity contribution in [3.8, 4) is 0 Å². The predicted molar refractivity (Wildman–Crippen MR) is 88.6 cm³/mol. The van der Waals surface area contributed by atoms with Gasteiger partial charge in [-0.25, -0.2) is 4.98 Å². The molecule has 114 valence electrons. The first-order chi connectivity index (χ1) is 10.6. The van der Waals surface area contributed by atoms with Crippen molar-refractivity contribution in [2.75, 3.05) is 19.1 Å². The molecule has 0 saturated carbocycles. The Bertz CT molecular complexity index is 711. The summed E-state index contributed by atoms with van der Waals surface area (Å²) in [5, 5.41) is 4.71. The average Bonchev–Trinajstić information content (AvgIpc) is 2.96. The molecule has 0 aliphatic carbocycles. The van der Waals surface area contributed by atoms with Gasteiger partial charge in [0.15, 0.2) is 10.8 Å². The van der Waals surface area contributed by atoms with Gasteiger partial charge in [-0.05, 0) is 18.9 Å². The number of hydrogen-bond donors (Lipinski definition) is 1. The Hall–Kier alpha value is -2.74. The molecule has 7 nitrogen and oxygen atoms in total. The summed E-state index contributed by atoms with van der Waals surface area (Å²) in [6.07, 6.45) is 0. The minimum Gasteiger partial charge on any atom is -0.398 e. The van der Waals surface area contributed by atoms with Gasteiger partial charge in [-0.15, -0.1) is 0 Å². The van der Waals surface area contributed by atoms with Crippen molar-refractivity contribution in [2.45, 2.75) is 0 Å². The van der Waals surface area contributed by atoms with Gasteiger partial charge < -0.3 is 15.5 Å². The minimum absolute atomic E-state index is 0.0890. The van der Waals surface area contributed by atoms with Gasteiger partial charge in [-0.3, -0.25) is 9.79 Å². The number of rotatable bonds is 6. The van der Waals surface area contributed by atoms with E-state index < -0.39 is 5.91 Å². The van der Waals surface area contributed by atoms with Crippen LogP contribution in [0.4, 0.5) is 15.8 Å². The lowest BCUT2D eigenvalue weighted by Crippen LogP contribution is -2.25. The molecule has 0 fully saturated rings. The molecule has 8 heteroatoms.